The predicted octanol–water partition coefficient (Wildman–Crippen LogP) is 2.52. The van der Waals surface area contributed by atoms with Crippen LogP contribution in [0.15, 0.2) is 12.3 Å². The Hall–Kier alpha value is -0.830. The van der Waals surface area contributed by atoms with E-state index in [1.54, 1.807) is 0 Å². The van der Waals surface area contributed by atoms with E-state index in [2.05, 4.69) is 35.9 Å². The lowest BCUT2D eigenvalue weighted by Gasteiger charge is -2.36. The van der Waals surface area contributed by atoms with Gasteiger partial charge in [0.05, 0.1) is 11.7 Å². The summed E-state index contributed by atoms with van der Waals surface area (Å²) in [4.78, 5) is 0. The Bertz CT molecular complexity index is 343. The summed E-state index contributed by atoms with van der Waals surface area (Å²) in [6, 6.07) is 2.73. The molecule has 2 rings (SSSR count). The van der Waals surface area contributed by atoms with Crippen LogP contribution in [0.3, 0.4) is 0 Å². The molecule has 0 amide bonds. The molecule has 2 N–H and O–H groups in total. The van der Waals surface area contributed by atoms with E-state index in [1.165, 1.54) is 12.8 Å². The fraction of sp³-hybridized carbons (Fsp3) is 0.769. The van der Waals surface area contributed by atoms with Crippen molar-refractivity contribution in [2.75, 3.05) is 0 Å². The maximum Gasteiger partial charge on any atom is 0.0672 e. The van der Waals surface area contributed by atoms with Gasteiger partial charge in [0, 0.05) is 12.2 Å². The molecular weight excluding hydrogens is 198 g/mol. The number of aryl methyl sites for hydroxylation is 1. The lowest BCUT2D eigenvalue weighted by molar-refractivity contribution is 0.183. The normalized spacial score (nSPS) is 30.9. The fourth-order valence-corrected chi connectivity index (χ4v) is 2.73. The Balaban J connectivity index is 2.12. The van der Waals surface area contributed by atoms with Crippen molar-refractivity contribution in [3.05, 3.63) is 18.0 Å². The van der Waals surface area contributed by atoms with Crippen LogP contribution in [-0.4, -0.2) is 15.8 Å². The van der Waals surface area contributed by atoms with Gasteiger partial charge in [-0.2, -0.15) is 5.10 Å². The van der Waals surface area contributed by atoms with Gasteiger partial charge < -0.3 is 5.73 Å². The Morgan fingerprint density at radius 3 is 2.75 bits per heavy atom. The van der Waals surface area contributed by atoms with Crippen molar-refractivity contribution in [1.82, 2.24) is 9.78 Å². The van der Waals surface area contributed by atoms with Crippen molar-refractivity contribution in [1.29, 1.82) is 0 Å². The summed E-state index contributed by atoms with van der Waals surface area (Å²) >= 11 is 0. The SMILES string of the molecule is Cc1ccn(C2CC(C(C)C)CCC2N)n1. The Kier molecular flexibility index (Phi) is 3.33. The molecule has 3 atom stereocenters. The summed E-state index contributed by atoms with van der Waals surface area (Å²) in [6.45, 7) is 6.66. The van der Waals surface area contributed by atoms with Crippen LogP contribution >= 0.6 is 0 Å². The van der Waals surface area contributed by atoms with Crippen molar-refractivity contribution in [3.8, 4) is 0 Å². The van der Waals surface area contributed by atoms with E-state index in [0.717, 1.165) is 24.0 Å². The van der Waals surface area contributed by atoms with Gasteiger partial charge in [0.1, 0.15) is 0 Å². The van der Waals surface area contributed by atoms with Gasteiger partial charge in [-0.25, -0.2) is 0 Å². The molecule has 16 heavy (non-hydrogen) atoms. The monoisotopic (exact) mass is 221 g/mol. The van der Waals surface area contributed by atoms with Crippen LogP contribution in [-0.2, 0) is 0 Å². The second-order valence-corrected chi connectivity index (χ2v) is 5.49. The van der Waals surface area contributed by atoms with Crippen molar-refractivity contribution in [2.45, 2.75) is 52.1 Å². The maximum absolute atomic E-state index is 6.22. The molecule has 1 fully saturated rings. The Morgan fingerprint density at radius 2 is 2.19 bits per heavy atom. The number of nitrogens with two attached hydrogens (primary N) is 1. The highest BCUT2D eigenvalue weighted by molar-refractivity contribution is 4.98. The van der Waals surface area contributed by atoms with E-state index in [0.29, 0.717) is 6.04 Å². The molecule has 3 heteroatoms. The molecule has 0 saturated heterocycles. The van der Waals surface area contributed by atoms with Gasteiger partial charge in [0.15, 0.2) is 0 Å². The number of hydrogen-bond acceptors (Lipinski definition) is 2. The quantitative estimate of drug-likeness (QED) is 0.834. The van der Waals surface area contributed by atoms with Gasteiger partial charge >= 0.3 is 0 Å². The van der Waals surface area contributed by atoms with Gasteiger partial charge in [-0.05, 0) is 44.1 Å². The molecule has 3 nitrogen and oxygen atoms in total. The second-order valence-electron chi connectivity index (χ2n) is 5.49. The lowest BCUT2D eigenvalue weighted by Crippen LogP contribution is -2.39. The Morgan fingerprint density at radius 1 is 1.44 bits per heavy atom. The van der Waals surface area contributed by atoms with Crippen LogP contribution in [0.2, 0.25) is 0 Å². The fourth-order valence-electron chi connectivity index (χ4n) is 2.73. The molecule has 1 aliphatic carbocycles. The zero-order chi connectivity index (χ0) is 11.7. The molecule has 0 radical (unpaired) electrons. The molecule has 0 aliphatic heterocycles. The average Bonchev–Trinajstić information content (AvgIpc) is 2.65. The summed E-state index contributed by atoms with van der Waals surface area (Å²) in [5.41, 5.74) is 7.30. The predicted molar refractivity (Wildman–Crippen MR) is 66.2 cm³/mol. The molecule has 0 spiro atoms. The van der Waals surface area contributed by atoms with Crippen LogP contribution in [0.1, 0.15) is 44.8 Å². The third kappa shape index (κ3) is 2.29. The minimum absolute atomic E-state index is 0.272. The molecule has 0 aromatic carbocycles. The van der Waals surface area contributed by atoms with Crippen molar-refractivity contribution in [2.24, 2.45) is 17.6 Å². The highest BCUT2D eigenvalue weighted by Crippen LogP contribution is 2.35. The van der Waals surface area contributed by atoms with Crippen molar-refractivity contribution >= 4 is 0 Å². The molecular formula is C13H23N3. The van der Waals surface area contributed by atoms with Crippen molar-refractivity contribution in [3.63, 3.8) is 0 Å². The summed E-state index contributed by atoms with van der Waals surface area (Å²) < 4.78 is 2.08. The lowest BCUT2D eigenvalue weighted by atomic mass is 9.77. The molecule has 1 heterocycles. The molecule has 1 aliphatic rings. The van der Waals surface area contributed by atoms with Gasteiger partial charge in [-0.15, -0.1) is 0 Å². The third-order valence-electron chi connectivity index (χ3n) is 3.93. The minimum atomic E-state index is 0.272. The summed E-state index contributed by atoms with van der Waals surface area (Å²) in [6.07, 6.45) is 5.66. The van der Waals surface area contributed by atoms with Gasteiger partial charge in [-0.1, -0.05) is 13.8 Å². The first-order valence-electron chi connectivity index (χ1n) is 6.35. The second kappa shape index (κ2) is 4.58. The highest BCUT2D eigenvalue weighted by Gasteiger charge is 2.31. The van der Waals surface area contributed by atoms with Crippen molar-refractivity contribution < 1.29 is 0 Å². The third-order valence-corrected chi connectivity index (χ3v) is 3.93. The first-order valence-corrected chi connectivity index (χ1v) is 6.35. The van der Waals surface area contributed by atoms with E-state index < -0.39 is 0 Å². The molecule has 1 aromatic rings. The van der Waals surface area contributed by atoms with E-state index in [4.69, 9.17) is 5.73 Å². The van der Waals surface area contributed by atoms with E-state index in [-0.39, 0.29) is 6.04 Å². The van der Waals surface area contributed by atoms with E-state index in [1.807, 2.05) is 6.92 Å². The molecule has 90 valence electrons. The topological polar surface area (TPSA) is 43.8 Å². The number of rotatable bonds is 2. The zero-order valence-electron chi connectivity index (χ0n) is 10.6. The largest absolute Gasteiger partial charge is 0.326 e. The Labute approximate surface area is 98.0 Å². The van der Waals surface area contributed by atoms with E-state index >= 15 is 0 Å². The van der Waals surface area contributed by atoms with Crippen LogP contribution in [0.25, 0.3) is 0 Å². The first kappa shape index (κ1) is 11.6. The first-order chi connectivity index (χ1) is 7.58. The van der Waals surface area contributed by atoms with Gasteiger partial charge in [-0.3, -0.25) is 4.68 Å². The van der Waals surface area contributed by atoms with Crippen LogP contribution in [0.4, 0.5) is 0 Å². The molecule has 0 bridgehead atoms. The van der Waals surface area contributed by atoms with Gasteiger partial charge in [0.2, 0.25) is 0 Å². The standard InChI is InChI=1S/C13H23N3/c1-9(2)11-4-5-12(14)13(8-11)16-7-6-10(3)15-16/h6-7,9,11-13H,4-5,8,14H2,1-3H3. The molecule has 3 unspecified atom stereocenters. The zero-order valence-corrected chi connectivity index (χ0v) is 10.6. The number of hydrogen-bond donors (Lipinski definition) is 1. The van der Waals surface area contributed by atoms with E-state index in [9.17, 15) is 0 Å². The number of nitrogens with zero attached hydrogens (tertiary/aromatic N) is 2. The van der Waals surface area contributed by atoms with Gasteiger partial charge in [0.25, 0.3) is 0 Å². The smallest absolute Gasteiger partial charge is 0.0672 e. The highest BCUT2D eigenvalue weighted by atomic mass is 15.3. The number of aromatic nitrogens is 2. The maximum atomic E-state index is 6.22. The van der Waals surface area contributed by atoms with Crippen LogP contribution < -0.4 is 5.73 Å². The molecule has 1 saturated carbocycles. The molecule has 1 aromatic heterocycles. The van der Waals surface area contributed by atoms with Crippen LogP contribution in [0, 0.1) is 18.8 Å². The summed E-state index contributed by atoms with van der Waals surface area (Å²) in [5.74, 6) is 1.56. The summed E-state index contributed by atoms with van der Waals surface area (Å²) in [7, 11) is 0. The minimum Gasteiger partial charge on any atom is -0.326 e. The average molecular weight is 221 g/mol. The van der Waals surface area contributed by atoms with Crippen LogP contribution in [0.5, 0.6) is 0 Å². The summed E-state index contributed by atoms with van der Waals surface area (Å²) in [5, 5.41) is 4.52.